The minimum atomic E-state index is -5.22. The molecular weight excluding hydrogens is 368 g/mol. The highest BCUT2D eigenvalue weighted by atomic mass is 19.4. The van der Waals surface area contributed by atoms with Crippen molar-refractivity contribution in [3.05, 3.63) is 54.6 Å². The zero-order valence-electron chi connectivity index (χ0n) is 12.6. The standard InChI is InChI=1S/C16H9F6NO3/c17-15(18,19)13(24)23(10-4-2-1-3-5-10)11-6-8-12(9-7-11)26-14(25)16(20,21)22/h1-9H. The second-order valence-corrected chi connectivity index (χ2v) is 4.86. The van der Waals surface area contributed by atoms with Gasteiger partial charge in [-0.25, -0.2) is 4.79 Å². The number of carbonyl (C=O) groups excluding carboxylic acids is 2. The molecule has 0 saturated heterocycles. The molecule has 0 atom stereocenters. The number of alkyl halides is 6. The van der Waals surface area contributed by atoms with E-state index < -0.39 is 30.0 Å². The Balaban J connectivity index is 2.35. The predicted octanol–water partition coefficient (Wildman–Crippen LogP) is 4.38. The lowest BCUT2D eigenvalue weighted by Gasteiger charge is -2.24. The largest absolute Gasteiger partial charge is 0.491 e. The molecule has 0 saturated carbocycles. The van der Waals surface area contributed by atoms with Gasteiger partial charge >= 0.3 is 24.2 Å². The first-order chi connectivity index (χ1) is 12.0. The van der Waals surface area contributed by atoms with Gasteiger partial charge in [-0.1, -0.05) is 18.2 Å². The van der Waals surface area contributed by atoms with E-state index in [0.29, 0.717) is 4.90 Å². The van der Waals surface area contributed by atoms with Gasteiger partial charge in [0, 0.05) is 11.4 Å². The molecule has 0 aliphatic carbocycles. The Morgan fingerprint density at radius 3 is 1.69 bits per heavy atom. The first-order valence-electron chi connectivity index (χ1n) is 6.85. The maximum absolute atomic E-state index is 12.9. The molecule has 0 unspecified atom stereocenters. The van der Waals surface area contributed by atoms with Crippen LogP contribution in [0.5, 0.6) is 5.75 Å². The van der Waals surface area contributed by atoms with Gasteiger partial charge in [0.1, 0.15) is 5.75 Å². The number of benzene rings is 2. The van der Waals surface area contributed by atoms with Crippen molar-refractivity contribution in [1.29, 1.82) is 0 Å². The van der Waals surface area contributed by atoms with Crippen LogP contribution in [0.3, 0.4) is 0 Å². The van der Waals surface area contributed by atoms with Gasteiger partial charge in [-0.15, -0.1) is 0 Å². The van der Waals surface area contributed by atoms with E-state index in [1.807, 2.05) is 0 Å². The molecule has 1 amide bonds. The molecule has 2 aromatic rings. The average Bonchev–Trinajstić information content (AvgIpc) is 2.56. The number of halogens is 6. The molecule has 0 heterocycles. The maximum atomic E-state index is 12.9. The van der Waals surface area contributed by atoms with E-state index in [4.69, 9.17) is 0 Å². The molecule has 0 spiro atoms. The zero-order chi connectivity index (χ0) is 19.5. The molecule has 138 valence electrons. The summed E-state index contributed by atoms with van der Waals surface area (Å²) in [5.74, 6) is -5.20. The Kier molecular flexibility index (Phi) is 5.24. The van der Waals surface area contributed by atoms with Crippen LogP contribution in [-0.4, -0.2) is 24.2 Å². The van der Waals surface area contributed by atoms with Gasteiger partial charge in [0.25, 0.3) is 0 Å². The van der Waals surface area contributed by atoms with E-state index in [1.165, 1.54) is 30.3 Å². The van der Waals surface area contributed by atoms with Crippen LogP contribution in [0.4, 0.5) is 37.7 Å². The second-order valence-electron chi connectivity index (χ2n) is 4.86. The fraction of sp³-hybridized carbons (Fsp3) is 0.125. The number of nitrogens with zero attached hydrogens (tertiary/aromatic N) is 1. The number of anilines is 2. The van der Waals surface area contributed by atoms with Crippen molar-refractivity contribution in [2.24, 2.45) is 0 Å². The molecule has 0 fully saturated rings. The molecule has 2 aromatic carbocycles. The summed E-state index contributed by atoms with van der Waals surface area (Å²) in [4.78, 5) is 22.8. The number of para-hydroxylation sites is 1. The lowest BCUT2D eigenvalue weighted by molar-refractivity contribution is -0.189. The summed E-state index contributed by atoms with van der Waals surface area (Å²) in [6.45, 7) is 0. The summed E-state index contributed by atoms with van der Waals surface area (Å²) >= 11 is 0. The molecule has 0 radical (unpaired) electrons. The highest BCUT2D eigenvalue weighted by Crippen LogP contribution is 2.32. The van der Waals surface area contributed by atoms with Gasteiger partial charge in [-0.3, -0.25) is 9.69 Å². The minimum absolute atomic E-state index is 0.102. The Morgan fingerprint density at radius 2 is 1.23 bits per heavy atom. The van der Waals surface area contributed by atoms with Crippen LogP contribution in [-0.2, 0) is 9.59 Å². The molecule has 0 aromatic heterocycles. The van der Waals surface area contributed by atoms with Gasteiger partial charge in [-0.2, -0.15) is 26.3 Å². The average molecular weight is 377 g/mol. The molecular formula is C16H9F6NO3. The molecule has 26 heavy (non-hydrogen) atoms. The quantitative estimate of drug-likeness (QED) is 0.453. The first-order valence-corrected chi connectivity index (χ1v) is 6.85. The van der Waals surface area contributed by atoms with Crippen LogP contribution in [0.15, 0.2) is 54.6 Å². The Morgan fingerprint density at radius 1 is 0.731 bits per heavy atom. The van der Waals surface area contributed by atoms with E-state index >= 15 is 0 Å². The number of amides is 1. The summed E-state index contributed by atoms with van der Waals surface area (Å²) in [6, 6.07) is 10.4. The SMILES string of the molecule is O=C(Oc1ccc(N(C(=O)C(F)(F)F)c2ccccc2)cc1)C(F)(F)F. The highest BCUT2D eigenvalue weighted by molar-refractivity contribution is 6.03. The van der Waals surface area contributed by atoms with E-state index in [0.717, 1.165) is 24.3 Å². The minimum Gasteiger partial charge on any atom is -0.420 e. The van der Waals surface area contributed by atoms with Crippen LogP contribution >= 0.6 is 0 Å². The molecule has 2 rings (SSSR count). The Bertz CT molecular complexity index is 784. The van der Waals surface area contributed by atoms with Crippen LogP contribution < -0.4 is 9.64 Å². The zero-order valence-corrected chi connectivity index (χ0v) is 12.6. The lowest BCUT2D eigenvalue weighted by atomic mass is 10.2. The lowest BCUT2D eigenvalue weighted by Crippen LogP contribution is -2.38. The van der Waals surface area contributed by atoms with E-state index in [1.54, 1.807) is 0 Å². The van der Waals surface area contributed by atoms with Gasteiger partial charge in [0.05, 0.1) is 0 Å². The normalized spacial score (nSPS) is 11.8. The molecule has 0 aliphatic rings. The molecule has 0 aliphatic heterocycles. The van der Waals surface area contributed by atoms with Gasteiger partial charge in [0.2, 0.25) is 0 Å². The van der Waals surface area contributed by atoms with E-state index in [9.17, 15) is 35.9 Å². The number of carbonyl (C=O) groups is 2. The highest BCUT2D eigenvalue weighted by Gasteiger charge is 2.44. The number of esters is 1. The van der Waals surface area contributed by atoms with Crippen molar-refractivity contribution in [2.75, 3.05) is 4.90 Å². The monoisotopic (exact) mass is 377 g/mol. The van der Waals surface area contributed by atoms with Gasteiger partial charge < -0.3 is 4.74 Å². The number of rotatable bonds is 3. The third-order valence-electron chi connectivity index (χ3n) is 3.00. The van der Waals surface area contributed by atoms with Crippen molar-refractivity contribution in [3.63, 3.8) is 0 Å². The van der Waals surface area contributed by atoms with Crippen molar-refractivity contribution >= 4 is 23.3 Å². The number of hydrogen-bond acceptors (Lipinski definition) is 3. The van der Waals surface area contributed by atoms with Crippen LogP contribution in [0, 0.1) is 0 Å². The van der Waals surface area contributed by atoms with Gasteiger partial charge in [-0.05, 0) is 36.4 Å². The summed E-state index contributed by atoms with van der Waals surface area (Å²) in [6.07, 6.45) is -10.4. The Labute approximate surface area is 142 Å². The van der Waals surface area contributed by atoms with Crippen LogP contribution in [0.25, 0.3) is 0 Å². The fourth-order valence-electron chi connectivity index (χ4n) is 1.92. The van der Waals surface area contributed by atoms with Crippen molar-refractivity contribution < 1.29 is 40.7 Å². The summed E-state index contributed by atoms with van der Waals surface area (Å²) < 4.78 is 79.1. The smallest absolute Gasteiger partial charge is 0.420 e. The van der Waals surface area contributed by atoms with Gasteiger partial charge in [0.15, 0.2) is 0 Å². The Hall–Kier alpha value is -3.04. The first kappa shape index (κ1) is 19.3. The molecule has 4 nitrogen and oxygen atoms in total. The van der Waals surface area contributed by atoms with Crippen molar-refractivity contribution in [1.82, 2.24) is 0 Å². The maximum Gasteiger partial charge on any atom is 0.491 e. The van der Waals surface area contributed by atoms with Crippen LogP contribution in [0.2, 0.25) is 0 Å². The number of ether oxygens (including phenoxy) is 1. The summed E-state index contributed by atoms with van der Waals surface area (Å²) in [7, 11) is 0. The molecule has 10 heteroatoms. The second kappa shape index (κ2) is 7.06. The number of hydrogen-bond donors (Lipinski definition) is 0. The molecule has 0 N–H and O–H groups in total. The van der Waals surface area contributed by atoms with E-state index in [-0.39, 0.29) is 11.4 Å². The fourth-order valence-corrected chi connectivity index (χ4v) is 1.92. The summed E-state index contributed by atoms with van der Waals surface area (Å²) in [5, 5.41) is 0. The molecule has 0 bridgehead atoms. The van der Waals surface area contributed by atoms with E-state index in [2.05, 4.69) is 4.74 Å². The van der Waals surface area contributed by atoms with Crippen LogP contribution in [0.1, 0.15) is 0 Å². The third kappa shape index (κ3) is 4.52. The van der Waals surface area contributed by atoms with Crippen molar-refractivity contribution in [3.8, 4) is 5.75 Å². The van der Waals surface area contributed by atoms with Crippen molar-refractivity contribution in [2.45, 2.75) is 12.4 Å². The predicted molar refractivity (Wildman–Crippen MR) is 77.8 cm³/mol. The summed E-state index contributed by atoms with van der Waals surface area (Å²) in [5.41, 5.74) is -0.375. The third-order valence-corrected chi connectivity index (χ3v) is 3.00. The topological polar surface area (TPSA) is 46.6 Å².